The highest BCUT2D eigenvalue weighted by atomic mass is 16.6. The van der Waals surface area contributed by atoms with Gasteiger partial charge in [0.05, 0.1) is 72.4 Å². The monoisotopic (exact) mass is 996 g/mol. The molecule has 2 saturated carbocycles. The van der Waals surface area contributed by atoms with Crippen LogP contribution in [-0.4, -0.2) is 74.2 Å². The molecule has 6 rings (SSSR count). The molecule has 2 fully saturated rings. The Morgan fingerprint density at radius 3 is 0.750 bits per heavy atom. The molecule has 16 nitrogen and oxygen atoms in total. The number of ether oxygens (including phenoxy) is 8. The van der Waals surface area contributed by atoms with Gasteiger partial charge >= 0.3 is 47.8 Å². The van der Waals surface area contributed by atoms with Gasteiger partial charge in [-0.2, -0.15) is 0 Å². The summed E-state index contributed by atoms with van der Waals surface area (Å²) in [7, 11) is 0. The molecule has 0 radical (unpaired) electrons. The van der Waals surface area contributed by atoms with Crippen LogP contribution in [0.1, 0.15) is 149 Å². The third-order valence-corrected chi connectivity index (χ3v) is 12.0. The summed E-state index contributed by atoms with van der Waals surface area (Å²) in [6.07, 6.45) is 7.64. The predicted octanol–water partition coefficient (Wildman–Crippen LogP) is 10.8. The van der Waals surface area contributed by atoms with E-state index in [-0.39, 0.29) is 63.6 Å². The number of carbonyl (C=O) groups excluding carboxylic acids is 8. The maximum atomic E-state index is 12.6. The minimum Gasteiger partial charge on any atom is -0.462 e. The van der Waals surface area contributed by atoms with E-state index in [2.05, 4.69) is 0 Å². The fourth-order valence-corrected chi connectivity index (χ4v) is 7.78. The first-order valence-corrected chi connectivity index (χ1v) is 24.8. The maximum absolute atomic E-state index is 12.6. The summed E-state index contributed by atoms with van der Waals surface area (Å²) in [6, 6.07) is 25.0. The summed E-state index contributed by atoms with van der Waals surface area (Å²) in [6.45, 7) is 8.83. The summed E-state index contributed by atoms with van der Waals surface area (Å²) < 4.78 is 42.1. The lowest BCUT2D eigenvalue weighted by Gasteiger charge is -2.25. The molecule has 0 unspecified atom stereocenters. The minimum atomic E-state index is -0.430. The van der Waals surface area contributed by atoms with Gasteiger partial charge in [0, 0.05) is 2.85 Å². The molecule has 2 aliphatic rings. The van der Waals surface area contributed by atoms with Crippen molar-refractivity contribution < 1.29 is 79.1 Å². The van der Waals surface area contributed by atoms with E-state index < -0.39 is 23.9 Å². The molecule has 0 spiro atoms. The van der Waals surface area contributed by atoms with Crippen LogP contribution in [-0.2, 0) is 38.1 Å². The highest BCUT2D eigenvalue weighted by molar-refractivity contribution is 5.91. The Balaban J connectivity index is 0.000000382. The Bertz CT molecular complexity index is 2250. The zero-order valence-electron chi connectivity index (χ0n) is 41.4. The lowest BCUT2D eigenvalue weighted by molar-refractivity contribution is -0.145. The number of hydrogen-bond acceptors (Lipinski definition) is 16. The van der Waals surface area contributed by atoms with E-state index in [0.717, 1.165) is 25.7 Å². The molecule has 0 aliphatic heterocycles. The average Bonchev–Trinajstić information content (AvgIpc) is 3.40. The predicted molar refractivity (Wildman–Crippen MR) is 266 cm³/mol. The average molecular weight is 997 g/mol. The quantitative estimate of drug-likeness (QED) is 0.0349. The van der Waals surface area contributed by atoms with Gasteiger partial charge in [0.1, 0.15) is 23.0 Å². The molecule has 0 N–H and O–H groups in total. The first-order chi connectivity index (χ1) is 34.8. The number of carbonyl (C=O) groups is 8. The maximum Gasteiger partial charge on any atom is 0.338 e. The molecule has 72 heavy (non-hydrogen) atoms. The van der Waals surface area contributed by atoms with Crippen LogP contribution in [0.25, 0.3) is 0 Å². The molecule has 4 aromatic rings. The minimum absolute atomic E-state index is 0. The van der Waals surface area contributed by atoms with Gasteiger partial charge in [-0.3, -0.25) is 19.2 Å². The summed E-state index contributed by atoms with van der Waals surface area (Å²) in [5, 5.41) is 0. The second-order valence-corrected chi connectivity index (χ2v) is 17.3. The van der Waals surface area contributed by atoms with Crippen molar-refractivity contribution in [2.45, 2.75) is 105 Å². The van der Waals surface area contributed by atoms with E-state index >= 15 is 0 Å². The fourth-order valence-electron chi connectivity index (χ4n) is 7.78. The van der Waals surface area contributed by atoms with Gasteiger partial charge in [-0.25, -0.2) is 19.2 Å². The molecule has 0 bridgehead atoms. The Morgan fingerprint density at radius 1 is 0.347 bits per heavy atom. The fraction of sp³-hybridized carbons (Fsp3) is 0.429. The van der Waals surface area contributed by atoms with E-state index in [1.165, 1.54) is 0 Å². The van der Waals surface area contributed by atoms with Gasteiger partial charge in [-0.15, -0.1) is 0 Å². The zero-order valence-corrected chi connectivity index (χ0v) is 41.4. The van der Waals surface area contributed by atoms with Crippen LogP contribution < -0.4 is 18.9 Å². The molecule has 0 heterocycles. The van der Waals surface area contributed by atoms with Crippen molar-refractivity contribution >= 4 is 47.8 Å². The van der Waals surface area contributed by atoms with Crippen molar-refractivity contribution in [2.75, 3.05) is 26.4 Å². The number of unbranched alkanes of at least 4 members (excludes halogenated alkanes) is 2. The highest BCUT2D eigenvalue weighted by Gasteiger charge is 2.34. The third kappa shape index (κ3) is 17.5. The van der Waals surface area contributed by atoms with E-state index in [1.54, 1.807) is 111 Å². The number of rotatable bonds is 20. The van der Waals surface area contributed by atoms with Crippen LogP contribution in [0.5, 0.6) is 23.0 Å². The second kappa shape index (κ2) is 29.1. The summed E-state index contributed by atoms with van der Waals surface area (Å²) in [5.41, 5.74) is 1.58. The van der Waals surface area contributed by atoms with E-state index in [1.807, 2.05) is 13.8 Å². The van der Waals surface area contributed by atoms with Crippen molar-refractivity contribution in [3.05, 3.63) is 119 Å². The van der Waals surface area contributed by atoms with Crippen molar-refractivity contribution in [1.82, 2.24) is 0 Å². The van der Waals surface area contributed by atoms with Crippen LogP contribution in [0.15, 0.2) is 97.1 Å². The molecule has 4 aromatic carbocycles. The molecule has 0 aromatic heterocycles. The highest BCUT2D eigenvalue weighted by Crippen LogP contribution is 2.33. The number of benzene rings is 4. The van der Waals surface area contributed by atoms with Crippen LogP contribution in [0.4, 0.5) is 0 Å². The largest absolute Gasteiger partial charge is 0.462 e. The van der Waals surface area contributed by atoms with Crippen LogP contribution in [0.3, 0.4) is 0 Å². The lowest BCUT2D eigenvalue weighted by atomic mass is 9.82. The van der Waals surface area contributed by atoms with E-state index in [4.69, 9.17) is 37.9 Å². The Morgan fingerprint density at radius 2 is 0.556 bits per heavy atom. The van der Waals surface area contributed by atoms with Crippen molar-refractivity contribution in [3.8, 4) is 23.0 Å². The molecule has 0 saturated heterocycles. The Kier molecular flexibility index (Phi) is 22.5. The van der Waals surface area contributed by atoms with Crippen LogP contribution in [0.2, 0.25) is 0 Å². The molecule has 2 aliphatic carbocycles. The molecule has 0 amide bonds. The van der Waals surface area contributed by atoms with E-state index in [0.29, 0.717) is 110 Å². The van der Waals surface area contributed by atoms with Gasteiger partial charge in [0.2, 0.25) is 0 Å². The van der Waals surface area contributed by atoms with Gasteiger partial charge in [-0.1, -0.05) is 26.7 Å². The van der Waals surface area contributed by atoms with Crippen LogP contribution in [0, 0.1) is 23.7 Å². The van der Waals surface area contributed by atoms with Crippen LogP contribution >= 0.6 is 0 Å². The van der Waals surface area contributed by atoms with Crippen molar-refractivity contribution in [2.24, 2.45) is 23.7 Å². The standard InChI is InChI=1S/C30H36O8.C26H28O8.2H2/c1-3-5-19-35-27(31)21-11-15-25(16-12-21)37-29(33)23-7-9-24(10-8-23)30(34)38-26-17-13-22(14-18-26)28(32)36-20-6-4-2;1-3-31-23(27)17-9-13-21(14-10-17)33-25(29)19-5-7-20(8-6-19)26(30)34-22-15-11-18(12-16-22)24(28)32-4-2;;/h11-18,23-24H,3-10,19-20H2,1-2H3;9-16,19-20H,3-8H2,1-2H3;2*1H. The molecular formula is C56H68O16. The summed E-state index contributed by atoms with van der Waals surface area (Å²) in [4.78, 5) is 97.7. The molecule has 16 heteroatoms. The summed E-state index contributed by atoms with van der Waals surface area (Å²) >= 11 is 0. The number of hydrogen-bond donors (Lipinski definition) is 0. The smallest absolute Gasteiger partial charge is 0.338 e. The van der Waals surface area contributed by atoms with E-state index in [9.17, 15) is 38.4 Å². The zero-order chi connectivity index (χ0) is 51.8. The molecule has 0 atom stereocenters. The van der Waals surface area contributed by atoms with Crippen molar-refractivity contribution in [1.29, 1.82) is 0 Å². The normalized spacial score (nSPS) is 17.1. The topological polar surface area (TPSA) is 210 Å². The SMILES string of the molecule is CCCCOC(=O)c1ccc(OC(=O)C2CCC(C(=O)Oc3ccc(C(=O)OCCCC)cc3)CC2)cc1.CCOC(=O)c1ccc(OC(=O)C2CCC(C(=O)Oc3ccc(C(=O)OCC)cc3)CC2)cc1.[HH].[HH]. The van der Waals surface area contributed by atoms with Gasteiger partial charge in [0.25, 0.3) is 0 Å². The second-order valence-electron chi connectivity index (χ2n) is 17.3. The Hall–Kier alpha value is -7.36. The van der Waals surface area contributed by atoms with Gasteiger partial charge in [-0.05, 0) is 175 Å². The molecular weight excluding hydrogens is 929 g/mol. The Labute approximate surface area is 422 Å². The number of esters is 8. The third-order valence-electron chi connectivity index (χ3n) is 12.0. The first kappa shape index (κ1) is 55.6. The lowest BCUT2D eigenvalue weighted by Crippen LogP contribution is -2.30. The van der Waals surface area contributed by atoms with Gasteiger partial charge < -0.3 is 37.9 Å². The first-order valence-electron chi connectivity index (χ1n) is 24.8. The van der Waals surface area contributed by atoms with Gasteiger partial charge in [0.15, 0.2) is 0 Å². The van der Waals surface area contributed by atoms with Crippen molar-refractivity contribution in [3.63, 3.8) is 0 Å². The summed E-state index contributed by atoms with van der Waals surface area (Å²) in [5.74, 6) is -2.88. The molecule has 388 valence electrons.